The smallest absolute Gasteiger partial charge is 0.123 e. The molecule has 1 aliphatic rings. The number of rotatable bonds is 4. The van der Waals surface area contributed by atoms with E-state index in [-0.39, 0.29) is 0 Å². The zero-order valence-corrected chi connectivity index (χ0v) is 10.4. The van der Waals surface area contributed by atoms with E-state index in [1.807, 2.05) is 24.3 Å². The van der Waals surface area contributed by atoms with Crippen molar-refractivity contribution in [1.29, 1.82) is 0 Å². The van der Waals surface area contributed by atoms with E-state index in [0.717, 1.165) is 17.1 Å². The first kappa shape index (κ1) is 12.0. The maximum absolute atomic E-state index is 6.03. The average Bonchev–Trinajstić information content (AvgIpc) is 2.90. The third-order valence-corrected chi connectivity index (χ3v) is 3.40. The summed E-state index contributed by atoms with van der Waals surface area (Å²) in [6, 6.07) is 7.95. The molecule has 3 nitrogen and oxygen atoms in total. The number of para-hydroxylation sites is 1. The van der Waals surface area contributed by atoms with Crippen LogP contribution in [0.4, 0.5) is 0 Å². The summed E-state index contributed by atoms with van der Waals surface area (Å²) >= 11 is 0. The highest BCUT2D eigenvalue weighted by Gasteiger charge is 2.18. The van der Waals surface area contributed by atoms with Gasteiger partial charge >= 0.3 is 0 Å². The first-order valence-corrected chi connectivity index (χ1v) is 6.23. The van der Waals surface area contributed by atoms with E-state index in [1.165, 1.54) is 25.7 Å². The number of hydrogen-bond acceptors (Lipinski definition) is 2. The Morgan fingerprint density at radius 3 is 2.76 bits per heavy atom. The zero-order chi connectivity index (χ0) is 12.1. The van der Waals surface area contributed by atoms with Crippen LogP contribution in [0.1, 0.15) is 31.2 Å². The highest BCUT2D eigenvalue weighted by atomic mass is 16.5. The number of benzene rings is 1. The summed E-state index contributed by atoms with van der Waals surface area (Å²) in [6.45, 7) is 0.617. The Morgan fingerprint density at radius 2 is 2.06 bits per heavy atom. The van der Waals surface area contributed by atoms with Gasteiger partial charge in [-0.15, -0.1) is 0 Å². The number of amidine groups is 1. The molecule has 1 aromatic carbocycles. The van der Waals surface area contributed by atoms with E-state index in [0.29, 0.717) is 12.5 Å². The minimum absolute atomic E-state index is 0.504. The molecule has 92 valence electrons. The van der Waals surface area contributed by atoms with E-state index in [9.17, 15) is 0 Å². The van der Waals surface area contributed by atoms with Gasteiger partial charge in [0.1, 0.15) is 5.75 Å². The lowest BCUT2D eigenvalue weighted by Gasteiger charge is -2.09. The second-order valence-corrected chi connectivity index (χ2v) is 4.53. The van der Waals surface area contributed by atoms with Crippen molar-refractivity contribution in [1.82, 2.24) is 0 Å². The molecule has 0 spiro atoms. The molecule has 1 aromatic rings. The van der Waals surface area contributed by atoms with Crippen LogP contribution in [0.5, 0.6) is 5.75 Å². The van der Waals surface area contributed by atoms with Crippen molar-refractivity contribution in [3.05, 3.63) is 29.8 Å². The number of methoxy groups -OCH3 is 1. The Balaban J connectivity index is 2.02. The molecule has 2 N–H and O–H groups in total. The molecule has 1 fully saturated rings. The summed E-state index contributed by atoms with van der Waals surface area (Å²) < 4.78 is 5.29. The van der Waals surface area contributed by atoms with Crippen molar-refractivity contribution in [3.8, 4) is 5.75 Å². The molecule has 17 heavy (non-hydrogen) atoms. The predicted octanol–water partition coefficient (Wildman–Crippen LogP) is 2.74. The van der Waals surface area contributed by atoms with E-state index >= 15 is 0 Å². The van der Waals surface area contributed by atoms with Gasteiger partial charge < -0.3 is 10.5 Å². The van der Waals surface area contributed by atoms with Crippen LogP contribution in [0, 0.1) is 5.92 Å². The molecule has 2 rings (SSSR count). The highest BCUT2D eigenvalue weighted by molar-refractivity contribution is 5.83. The van der Waals surface area contributed by atoms with Crippen molar-refractivity contribution < 1.29 is 4.74 Å². The largest absolute Gasteiger partial charge is 0.496 e. The number of hydrogen-bond donors (Lipinski definition) is 1. The SMILES string of the molecule is COc1ccccc1CN=C(N)C1CCCC1. The second kappa shape index (κ2) is 5.71. The van der Waals surface area contributed by atoms with E-state index in [1.54, 1.807) is 7.11 Å². The van der Waals surface area contributed by atoms with Crippen LogP contribution in [0.15, 0.2) is 29.3 Å². The van der Waals surface area contributed by atoms with E-state index < -0.39 is 0 Å². The van der Waals surface area contributed by atoms with Gasteiger partial charge in [-0.05, 0) is 18.9 Å². The molecule has 0 amide bonds. The van der Waals surface area contributed by atoms with Gasteiger partial charge in [0.25, 0.3) is 0 Å². The Kier molecular flexibility index (Phi) is 4.02. The lowest BCUT2D eigenvalue weighted by molar-refractivity contribution is 0.410. The molecule has 0 saturated heterocycles. The number of nitrogens with zero attached hydrogens (tertiary/aromatic N) is 1. The fourth-order valence-corrected chi connectivity index (χ4v) is 2.36. The predicted molar refractivity (Wildman–Crippen MR) is 70.3 cm³/mol. The third-order valence-electron chi connectivity index (χ3n) is 3.40. The number of aliphatic imine (C=N–C) groups is 1. The van der Waals surface area contributed by atoms with Crippen molar-refractivity contribution >= 4 is 5.84 Å². The van der Waals surface area contributed by atoms with Crippen LogP contribution in [0.3, 0.4) is 0 Å². The molecule has 3 heteroatoms. The molecule has 0 aromatic heterocycles. The number of ether oxygens (including phenoxy) is 1. The first-order chi connectivity index (χ1) is 8.31. The third kappa shape index (κ3) is 2.99. The minimum atomic E-state index is 0.504. The minimum Gasteiger partial charge on any atom is -0.496 e. The molecule has 0 bridgehead atoms. The first-order valence-electron chi connectivity index (χ1n) is 6.23. The maximum atomic E-state index is 6.03. The highest BCUT2D eigenvalue weighted by Crippen LogP contribution is 2.25. The Bertz CT molecular complexity index is 395. The molecule has 0 atom stereocenters. The maximum Gasteiger partial charge on any atom is 0.123 e. The lowest BCUT2D eigenvalue weighted by Crippen LogP contribution is -2.21. The van der Waals surface area contributed by atoms with Gasteiger partial charge in [-0.2, -0.15) is 0 Å². The second-order valence-electron chi connectivity index (χ2n) is 4.53. The van der Waals surface area contributed by atoms with Gasteiger partial charge in [0.15, 0.2) is 0 Å². The number of nitrogens with two attached hydrogens (primary N) is 1. The molecule has 1 aliphatic carbocycles. The van der Waals surface area contributed by atoms with Crippen molar-refractivity contribution in [2.45, 2.75) is 32.2 Å². The molecule has 0 aliphatic heterocycles. The monoisotopic (exact) mass is 232 g/mol. The van der Waals surface area contributed by atoms with Gasteiger partial charge in [-0.1, -0.05) is 31.0 Å². The molecule has 0 unspecified atom stereocenters. The summed E-state index contributed by atoms with van der Waals surface area (Å²) in [4.78, 5) is 4.50. The van der Waals surface area contributed by atoms with Crippen LogP contribution in [-0.2, 0) is 6.54 Å². The molecule has 1 saturated carbocycles. The van der Waals surface area contributed by atoms with Crippen LogP contribution < -0.4 is 10.5 Å². The van der Waals surface area contributed by atoms with E-state index in [2.05, 4.69) is 4.99 Å². The van der Waals surface area contributed by atoms with Gasteiger partial charge in [-0.3, -0.25) is 4.99 Å². The lowest BCUT2D eigenvalue weighted by atomic mass is 10.1. The van der Waals surface area contributed by atoms with Crippen molar-refractivity contribution in [2.75, 3.05) is 7.11 Å². The van der Waals surface area contributed by atoms with Gasteiger partial charge in [0, 0.05) is 11.5 Å². The molecular weight excluding hydrogens is 212 g/mol. The summed E-state index contributed by atoms with van der Waals surface area (Å²) in [6.07, 6.45) is 4.97. The summed E-state index contributed by atoms with van der Waals surface area (Å²) in [5, 5.41) is 0. The van der Waals surface area contributed by atoms with Crippen LogP contribution >= 0.6 is 0 Å². The van der Waals surface area contributed by atoms with Crippen molar-refractivity contribution in [3.63, 3.8) is 0 Å². The molecular formula is C14H20N2O. The van der Waals surface area contributed by atoms with Gasteiger partial charge in [-0.25, -0.2) is 0 Å². The van der Waals surface area contributed by atoms with E-state index in [4.69, 9.17) is 10.5 Å². The average molecular weight is 232 g/mol. The Morgan fingerprint density at radius 1 is 1.35 bits per heavy atom. The quantitative estimate of drug-likeness (QED) is 0.641. The van der Waals surface area contributed by atoms with Crippen LogP contribution in [0.2, 0.25) is 0 Å². The Labute approximate surface area is 103 Å². The fraction of sp³-hybridized carbons (Fsp3) is 0.500. The van der Waals surface area contributed by atoms with Gasteiger partial charge in [0.05, 0.1) is 19.5 Å². The normalized spacial score (nSPS) is 17.4. The summed E-state index contributed by atoms with van der Waals surface area (Å²) in [5.41, 5.74) is 7.12. The molecule has 0 radical (unpaired) electrons. The summed E-state index contributed by atoms with van der Waals surface area (Å²) in [7, 11) is 1.68. The molecule has 0 heterocycles. The van der Waals surface area contributed by atoms with Crippen molar-refractivity contribution in [2.24, 2.45) is 16.6 Å². The topological polar surface area (TPSA) is 47.6 Å². The fourth-order valence-electron chi connectivity index (χ4n) is 2.36. The summed E-state index contributed by atoms with van der Waals surface area (Å²) in [5.74, 6) is 2.20. The zero-order valence-electron chi connectivity index (χ0n) is 10.4. The van der Waals surface area contributed by atoms with Crippen LogP contribution in [0.25, 0.3) is 0 Å². The van der Waals surface area contributed by atoms with Gasteiger partial charge in [0.2, 0.25) is 0 Å². The standard InChI is InChI=1S/C14H20N2O/c1-17-13-9-5-4-8-12(13)10-16-14(15)11-6-2-3-7-11/h4-5,8-9,11H,2-3,6-7,10H2,1H3,(H2,15,16). The van der Waals surface area contributed by atoms with Crippen LogP contribution in [-0.4, -0.2) is 12.9 Å². The Hall–Kier alpha value is -1.51.